The normalized spacial score (nSPS) is 16.0. The number of fused-ring (bicyclic) bond motifs is 1. The Bertz CT molecular complexity index is 675. The fraction of sp³-hybridized carbons (Fsp3) is 0.353. The largest absolute Gasteiger partial charge is 0.464 e. The number of amides is 1. The molecule has 21 heavy (non-hydrogen) atoms. The summed E-state index contributed by atoms with van der Waals surface area (Å²) in [7, 11) is 3.77. The summed E-state index contributed by atoms with van der Waals surface area (Å²) in [5.41, 5.74) is 3.40. The second-order valence-corrected chi connectivity index (χ2v) is 5.51. The van der Waals surface area contributed by atoms with Crippen molar-refractivity contribution in [2.75, 3.05) is 19.0 Å². The fourth-order valence-corrected chi connectivity index (χ4v) is 2.94. The molecule has 0 bridgehead atoms. The molecule has 2 aromatic rings. The summed E-state index contributed by atoms with van der Waals surface area (Å²) in [4.78, 5) is 13.5. The molecule has 3 rings (SSSR count). The van der Waals surface area contributed by atoms with Crippen molar-refractivity contribution < 1.29 is 9.21 Å². The summed E-state index contributed by atoms with van der Waals surface area (Å²) < 4.78 is 5.75. The number of carbonyl (C=O) groups excluding carboxylic acids is 1. The third-order valence-electron chi connectivity index (χ3n) is 4.11. The number of benzene rings is 1. The number of anilines is 1. The van der Waals surface area contributed by atoms with Gasteiger partial charge in [0, 0.05) is 19.2 Å². The van der Waals surface area contributed by atoms with Crippen molar-refractivity contribution in [2.24, 2.45) is 0 Å². The van der Waals surface area contributed by atoms with Crippen molar-refractivity contribution >= 4 is 11.6 Å². The van der Waals surface area contributed by atoms with Crippen LogP contribution in [0.3, 0.4) is 0 Å². The summed E-state index contributed by atoms with van der Waals surface area (Å²) in [6.07, 6.45) is 1.39. The predicted molar refractivity (Wildman–Crippen MR) is 82.5 cm³/mol. The molecule has 1 N–H and O–H groups in total. The molecule has 1 aliphatic heterocycles. The van der Waals surface area contributed by atoms with Crippen LogP contribution in [0, 0.1) is 6.92 Å². The topological polar surface area (TPSA) is 45.5 Å². The van der Waals surface area contributed by atoms with Gasteiger partial charge in [-0.15, -0.1) is 0 Å². The van der Waals surface area contributed by atoms with Crippen LogP contribution >= 0.6 is 0 Å². The molecule has 0 aliphatic carbocycles. The van der Waals surface area contributed by atoms with Crippen LogP contribution in [0.15, 0.2) is 34.7 Å². The first-order valence-corrected chi connectivity index (χ1v) is 7.23. The van der Waals surface area contributed by atoms with E-state index in [1.54, 1.807) is 4.90 Å². The molecule has 1 atom stereocenters. The van der Waals surface area contributed by atoms with Crippen LogP contribution < -0.4 is 10.2 Å². The van der Waals surface area contributed by atoms with Gasteiger partial charge in [-0.1, -0.05) is 12.1 Å². The Morgan fingerprint density at radius 2 is 2.05 bits per heavy atom. The Labute approximate surface area is 124 Å². The number of hydrogen-bond donors (Lipinski definition) is 1. The summed E-state index contributed by atoms with van der Waals surface area (Å²) in [5.74, 6) is 2.01. The molecule has 0 fully saturated rings. The number of nitrogens with one attached hydrogen (secondary N) is 1. The van der Waals surface area contributed by atoms with Gasteiger partial charge in [0.1, 0.15) is 11.5 Å². The Balaban J connectivity index is 1.98. The first-order chi connectivity index (χ1) is 10.1. The maximum Gasteiger partial charge on any atom is 0.227 e. The number of carbonyl (C=O) groups is 1. The zero-order valence-electron chi connectivity index (χ0n) is 12.6. The number of rotatable bonds is 3. The Morgan fingerprint density at radius 1 is 1.24 bits per heavy atom. The average Bonchev–Trinajstić information content (AvgIpc) is 2.90. The van der Waals surface area contributed by atoms with Gasteiger partial charge in [-0.3, -0.25) is 4.79 Å². The lowest BCUT2D eigenvalue weighted by Gasteiger charge is -2.27. The molecule has 1 amide bonds. The third kappa shape index (κ3) is 2.47. The molecule has 4 nitrogen and oxygen atoms in total. The lowest BCUT2D eigenvalue weighted by Crippen LogP contribution is -2.31. The van der Waals surface area contributed by atoms with E-state index < -0.39 is 0 Å². The second-order valence-electron chi connectivity index (χ2n) is 5.51. The summed E-state index contributed by atoms with van der Waals surface area (Å²) >= 11 is 0. The van der Waals surface area contributed by atoms with Crippen LogP contribution in [0.1, 0.15) is 35.1 Å². The Hall–Kier alpha value is -2.07. The maximum atomic E-state index is 11.8. The van der Waals surface area contributed by atoms with Crippen LogP contribution in [0.4, 0.5) is 5.69 Å². The molecular formula is C17H20N2O2. The van der Waals surface area contributed by atoms with E-state index in [1.165, 1.54) is 5.56 Å². The van der Waals surface area contributed by atoms with Crippen LogP contribution in [0.25, 0.3) is 0 Å². The Kier molecular flexibility index (Phi) is 3.55. The lowest BCUT2D eigenvalue weighted by atomic mass is 9.95. The molecule has 110 valence electrons. The first-order valence-electron chi connectivity index (χ1n) is 7.23. The van der Waals surface area contributed by atoms with Crippen molar-refractivity contribution in [3.8, 4) is 0 Å². The van der Waals surface area contributed by atoms with Crippen molar-refractivity contribution in [2.45, 2.75) is 25.8 Å². The lowest BCUT2D eigenvalue weighted by molar-refractivity contribution is -0.118. The molecule has 0 radical (unpaired) electrons. The van der Waals surface area contributed by atoms with E-state index in [-0.39, 0.29) is 11.9 Å². The van der Waals surface area contributed by atoms with Gasteiger partial charge >= 0.3 is 0 Å². The van der Waals surface area contributed by atoms with Crippen molar-refractivity contribution in [1.82, 2.24) is 5.32 Å². The first kappa shape index (κ1) is 13.9. The molecule has 1 aromatic carbocycles. The van der Waals surface area contributed by atoms with E-state index in [0.29, 0.717) is 6.42 Å². The number of nitrogens with zero attached hydrogens (tertiary/aromatic N) is 1. The van der Waals surface area contributed by atoms with Crippen LogP contribution in [0.5, 0.6) is 0 Å². The highest BCUT2D eigenvalue weighted by Gasteiger charge is 2.23. The highest BCUT2D eigenvalue weighted by Crippen LogP contribution is 2.31. The minimum absolute atomic E-state index is 0.0342. The minimum atomic E-state index is 0.0342. The van der Waals surface area contributed by atoms with E-state index in [2.05, 4.69) is 17.4 Å². The molecule has 0 spiro atoms. The number of hydrogen-bond acceptors (Lipinski definition) is 3. The maximum absolute atomic E-state index is 11.8. The molecule has 0 saturated heterocycles. The minimum Gasteiger partial charge on any atom is -0.464 e. The number of aryl methyl sites for hydroxylation is 2. The number of furan rings is 1. The standard InChI is InChI=1S/C17H20N2O2/c1-11-4-8-15(21-11)17(18-2)13-5-7-14-12(10-13)6-9-16(20)19(14)3/h4-5,7-8,10,17-18H,6,9H2,1-3H3. The van der Waals surface area contributed by atoms with Gasteiger partial charge in [0.15, 0.2) is 0 Å². The van der Waals surface area contributed by atoms with Gasteiger partial charge in [-0.25, -0.2) is 0 Å². The quantitative estimate of drug-likeness (QED) is 0.942. The Morgan fingerprint density at radius 3 is 2.71 bits per heavy atom. The van der Waals surface area contributed by atoms with Gasteiger partial charge in [-0.05, 0) is 49.7 Å². The SMILES string of the molecule is CNC(c1ccc2c(c1)CCC(=O)N2C)c1ccc(C)o1. The summed E-state index contributed by atoms with van der Waals surface area (Å²) in [5, 5.41) is 3.30. The van der Waals surface area contributed by atoms with Crippen LogP contribution in [-0.4, -0.2) is 20.0 Å². The second kappa shape index (κ2) is 5.37. The van der Waals surface area contributed by atoms with E-state index in [1.807, 2.05) is 39.2 Å². The highest BCUT2D eigenvalue weighted by molar-refractivity contribution is 5.95. The third-order valence-corrected chi connectivity index (χ3v) is 4.11. The van der Waals surface area contributed by atoms with E-state index in [4.69, 9.17) is 4.42 Å². The van der Waals surface area contributed by atoms with Crippen molar-refractivity contribution in [3.63, 3.8) is 0 Å². The molecular weight excluding hydrogens is 264 g/mol. The smallest absolute Gasteiger partial charge is 0.227 e. The van der Waals surface area contributed by atoms with Crippen LogP contribution in [-0.2, 0) is 11.2 Å². The monoisotopic (exact) mass is 284 g/mol. The van der Waals surface area contributed by atoms with Gasteiger partial charge < -0.3 is 14.6 Å². The van der Waals surface area contributed by atoms with Crippen LogP contribution in [0.2, 0.25) is 0 Å². The molecule has 1 unspecified atom stereocenters. The van der Waals surface area contributed by atoms with Crippen molar-refractivity contribution in [1.29, 1.82) is 0 Å². The van der Waals surface area contributed by atoms with E-state index in [9.17, 15) is 4.79 Å². The summed E-state index contributed by atoms with van der Waals surface area (Å²) in [6.45, 7) is 1.95. The molecule has 0 saturated carbocycles. The average molecular weight is 284 g/mol. The summed E-state index contributed by atoms with van der Waals surface area (Å²) in [6, 6.07) is 10.3. The predicted octanol–water partition coefficient (Wildman–Crippen LogP) is 2.81. The molecule has 2 heterocycles. The van der Waals surface area contributed by atoms with Gasteiger partial charge in [0.05, 0.1) is 6.04 Å². The zero-order chi connectivity index (χ0) is 15.0. The van der Waals surface area contributed by atoms with Gasteiger partial charge in [-0.2, -0.15) is 0 Å². The molecule has 1 aromatic heterocycles. The fourth-order valence-electron chi connectivity index (χ4n) is 2.94. The van der Waals surface area contributed by atoms with Crippen molar-refractivity contribution in [3.05, 3.63) is 53.0 Å². The highest BCUT2D eigenvalue weighted by atomic mass is 16.3. The zero-order valence-corrected chi connectivity index (χ0v) is 12.6. The van der Waals surface area contributed by atoms with Gasteiger partial charge in [0.25, 0.3) is 0 Å². The molecule has 1 aliphatic rings. The van der Waals surface area contributed by atoms with E-state index >= 15 is 0 Å². The van der Waals surface area contributed by atoms with Gasteiger partial charge in [0.2, 0.25) is 5.91 Å². The van der Waals surface area contributed by atoms with E-state index in [0.717, 1.165) is 29.2 Å². The molecule has 4 heteroatoms.